The molecule has 6 nitrogen and oxygen atoms in total. The summed E-state index contributed by atoms with van der Waals surface area (Å²) in [5, 5.41) is 9.51. The zero-order valence-electron chi connectivity index (χ0n) is 14.3. The van der Waals surface area contributed by atoms with Gasteiger partial charge in [-0.25, -0.2) is 4.79 Å². The molecule has 0 aliphatic heterocycles. The molecule has 0 spiro atoms. The van der Waals surface area contributed by atoms with E-state index in [1.165, 1.54) is 29.6 Å². The first-order valence-corrected chi connectivity index (χ1v) is 9.57. The fourth-order valence-electron chi connectivity index (χ4n) is 2.05. The number of carbonyl (C=O) groups is 3. The number of rotatable bonds is 7. The molecule has 134 valence electrons. The first-order valence-electron chi connectivity index (χ1n) is 7.81. The van der Waals surface area contributed by atoms with Gasteiger partial charge in [-0.05, 0) is 24.8 Å². The third kappa shape index (κ3) is 5.14. The quantitative estimate of drug-likeness (QED) is 0.720. The number of ether oxygens (including phenoxy) is 1. The van der Waals surface area contributed by atoms with Gasteiger partial charge in [-0.2, -0.15) is 0 Å². The van der Waals surface area contributed by atoms with Crippen molar-refractivity contribution >= 4 is 45.5 Å². The minimum absolute atomic E-state index is 0.0176. The van der Waals surface area contributed by atoms with Gasteiger partial charge in [0.2, 0.25) is 5.91 Å². The van der Waals surface area contributed by atoms with E-state index < -0.39 is 5.97 Å². The lowest BCUT2D eigenvalue weighted by Gasteiger charge is -2.12. The highest BCUT2D eigenvalue weighted by molar-refractivity contribution is 7.17. The molecule has 2 rings (SSSR count). The average molecular weight is 380 g/mol. The zero-order chi connectivity index (χ0) is 18.4. The Morgan fingerprint density at radius 2 is 2.04 bits per heavy atom. The number of hydrogen-bond donors (Lipinski definition) is 2. The predicted octanol–water partition coefficient (Wildman–Crippen LogP) is 3.51. The normalized spacial score (nSPS) is 11.6. The van der Waals surface area contributed by atoms with Crippen LogP contribution in [0.2, 0.25) is 0 Å². The van der Waals surface area contributed by atoms with Crippen LogP contribution in [0.25, 0.3) is 10.4 Å². The third-order valence-electron chi connectivity index (χ3n) is 3.43. The molecule has 0 aliphatic rings. The van der Waals surface area contributed by atoms with E-state index in [4.69, 9.17) is 4.74 Å². The number of carbonyl (C=O) groups excluding carboxylic acids is 3. The van der Waals surface area contributed by atoms with E-state index in [1.54, 1.807) is 5.38 Å². The lowest BCUT2D eigenvalue weighted by molar-refractivity contribution is -0.124. The Morgan fingerprint density at radius 3 is 2.64 bits per heavy atom. The van der Waals surface area contributed by atoms with Gasteiger partial charge in [-0.3, -0.25) is 9.59 Å². The lowest BCUT2D eigenvalue weighted by Crippen LogP contribution is -2.35. The Labute approximate surface area is 154 Å². The van der Waals surface area contributed by atoms with Crippen LogP contribution in [0.4, 0.5) is 5.00 Å². The van der Waals surface area contributed by atoms with Crippen molar-refractivity contribution in [2.24, 2.45) is 0 Å². The van der Waals surface area contributed by atoms with Crippen molar-refractivity contribution in [3.05, 3.63) is 28.5 Å². The Bertz CT molecular complexity index is 753. The first kappa shape index (κ1) is 19.1. The van der Waals surface area contributed by atoms with Crippen LogP contribution in [0.3, 0.4) is 0 Å². The van der Waals surface area contributed by atoms with Crippen molar-refractivity contribution in [3.63, 3.8) is 0 Å². The molecule has 0 fully saturated rings. The summed E-state index contributed by atoms with van der Waals surface area (Å²) in [6, 6.07) is 3.78. The maximum atomic E-state index is 12.5. The fraction of sp³-hybridized carbons (Fsp3) is 0.353. The highest BCUT2D eigenvalue weighted by atomic mass is 32.1. The van der Waals surface area contributed by atoms with Crippen LogP contribution in [0.15, 0.2) is 22.9 Å². The molecule has 1 atom stereocenters. The van der Waals surface area contributed by atoms with E-state index >= 15 is 0 Å². The Hall–Kier alpha value is -2.19. The minimum Gasteiger partial charge on any atom is -0.452 e. The van der Waals surface area contributed by atoms with Crippen LogP contribution in [-0.2, 0) is 14.3 Å². The summed E-state index contributed by atoms with van der Waals surface area (Å²) in [6.45, 7) is 4.85. The number of thiophene rings is 2. The summed E-state index contributed by atoms with van der Waals surface area (Å²) in [4.78, 5) is 36.6. The first-order chi connectivity index (χ1) is 11.9. The molecule has 25 heavy (non-hydrogen) atoms. The van der Waals surface area contributed by atoms with Gasteiger partial charge in [0.1, 0.15) is 10.6 Å². The molecular formula is C17H20N2O4S2. The van der Waals surface area contributed by atoms with Crippen LogP contribution in [0, 0.1) is 0 Å². The molecule has 2 N–H and O–H groups in total. The largest absolute Gasteiger partial charge is 0.452 e. The van der Waals surface area contributed by atoms with Gasteiger partial charge in [0.15, 0.2) is 6.61 Å². The fourth-order valence-corrected chi connectivity index (χ4v) is 3.87. The van der Waals surface area contributed by atoms with E-state index in [2.05, 4.69) is 10.6 Å². The summed E-state index contributed by atoms with van der Waals surface area (Å²) in [6.07, 6.45) is 0.791. The summed E-state index contributed by atoms with van der Waals surface area (Å²) in [7, 11) is 0. The standard InChI is InChI=1S/C17H20N2O4S2/c1-4-10(2)18-14(21)8-23-17(22)15-12(13-6-5-7-24-13)9-25-16(15)19-11(3)20/h5-7,9-10H,4,8H2,1-3H3,(H,18,21)(H,19,20)/t10-/m1/s1. The molecule has 0 aliphatic carbocycles. The van der Waals surface area contributed by atoms with E-state index in [1.807, 2.05) is 31.4 Å². The molecule has 0 aromatic carbocycles. The number of anilines is 1. The molecule has 0 unspecified atom stereocenters. The van der Waals surface area contributed by atoms with Crippen molar-refractivity contribution < 1.29 is 19.1 Å². The highest BCUT2D eigenvalue weighted by Crippen LogP contribution is 2.38. The van der Waals surface area contributed by atoms with E-state index in [9.17, 15) is 14.4 Å². The van der Waals surface area contributed by atoms with Crippen molar-refractivity contribution in [3.8, 4) is 10.4 Å². The maximum absolute atomic E-state index is 12.5. The molecule has 0 saturated heterocycles. The van der Waals surface area contributed by atoms with Gasteiger partial charge in [0.05, 0.1) is 0 Å². The Balaban J connectivity index is 2.17. The molecule has 2 amide bonds. The topological polar surface area (TPSA) is 84.5 Å². The summed E-state index contributed by atoms with van der Waals surface area (Å²) >= 11 is 2.74. The van der Waals surface area contributed by atoms with Crippen molar-refractivity contribution in [1.82, 2.24) is 5.32 Å². The van der Waals surface area contributed by atoms with Crippen molar-refractivity contribution in [1.29, 1.82) is 0 Å². The molecule has 0 radical (unpaired) electrons. The van der Waals surface area contributed by atoms with Crippen LogP contribution >= 0.6 is 22.7 Å². The minimum atomic E-state index is -0.632. The molecule has 2 aromatic rings. The number of esters is 1. The number of nitrogens with one attached hydrogen (secondary N) is 2. The van der Waals surface area contributed by atoms with Gasteiger partial charge in [0, 0.05) is 28.8 Å². The predicted molar refractivity (Wildman–Crippen MR) is 100 cm³/mol. The van der Waals surface area contributed by atoms with Gasteiger partial charge >= 0.3 is 5.97 Å². The summed E-state index contributed by atoms with van der Waals surface area (Å²) in [5.41, 5.74) is 0.968. The van der Waals surface area contributed by atoms with Crippen LogP contribution < -0.4 is 10.6 Å². The second-order valence-electron chi connectivity index (χ2n) is 5.46. The molecule has 2 aromatic heterocycles. The van der Waals surface area contributed by atoms with Crippen LogP contribution in [0.5, 0.6) is 0 Å². The van der Waals surface area contributed by atoms with Gasteiger partial charge < -0.3 is 15.4 Å². The highest BCUT2D eigenvalue weighted by Gasteiger charge is 2.23. The van der Waals surface area contributed by atoms with Gasteiger partial charge in [0.25, 0.3) is 5.91 Å². The Kier molecular flexibility index (Phi) is 6.72. The van der Waals surface area contributed by atoms with Crippen molar-refractivity contribution in [2.75, 3.05) is 11.9 Å². The summed E-state index contributed by atoms with van der Waals surface area (Å²) < 4.78 is 5.16. The van der Waals surface area contributed by atoms with Crippen LogP contribution in [-0.4, -0.2) is 30.4 Å². The smallest absolute Gasteiger partial charge is 0.342 e. The average Bonchev–Trinajstić information content (AvgIpc) is 3.21. The van der Waals surface area contributed by atoms with Crippen molar-refractivity contribution in [2.45, 2.75) is 33.2 Å². The van der Waals surface area contributed by atoms with E-state index in [0.717, 1.165) is 11.3 Å². The summed E-state index contributed by atoms with van der Waals surface area (Å²) in [5.74, 6) is -1.26. The van der Waals surface area contributed by atoms with Crippen LogP contribution in [0.1, 0.15) is 37.6 Å². The molecule has 8 heteroatoms. The number of hydrogen-bond acceptors (Lipinski definition) is 6. The molecule has 0 saturated carbocycles. The van der Waals surface area contributed by atoms with Gasteiger partial charge in [-0.15, -0.1) is 22.7 Å². The molecule has 2 heterocycles. The van der Waals surface area contributed by atoms with E-state index in [0.29, 0.717) is 10.6 Å². The maximum Gasteiger partial charge on any atom is 0.342 e. The monoisotopic (exact) mass is 380 g/mol. The molecule has 0 bridgehead atoms. The Morgan fingerprint density at radius 1 is 1.28 bits per heavy atom. The second kappa shape index (κ2) is 8.77. The molecular weight excluding hydrogens is 360 g/mol. The number of amides is 2. The third-order valence-corrected chi connectivity index (χ3v) is 5.22. The van der Waals surface area contributed by atoms with Gasteiger partial charge in [-0.1, -0.05) is 13.0 Å². The zero-order valence-corrected chi connectivity index (χ0v) is 15.9. The SMILES string of the molecule is CC[C@@H](C)NC(=O)COC(=O)c1c(-c2cccs2)csc1NC(C)=O. The second-order valence-corrected chi connectivity index (χ2v) is 7.29. The van der Waals surface area contributed by atoms with E-state index in [-0.39, 0.29) is 30.0 Å². The lowest BCUT2D eigenvalue weighted by atomic mass is 10.1.